The third kappa shape index (κ3) is 4.94. The molecule has 0 spiro atoms. The van der Waals surface area contributed by atoms with Gasteiger partial charge in [-0.15, -0.1) is 0 Å². The van der Waals surface area contributed by atoms with Crippen molar-refractivity contribution in [3.63, 3.8) is 0 Å². The van der Waals surface area contributed by atoms with Crippen molar-refractivity contribution in [1.82, 2.24) is 0 Å². The van der Waals surface area contributed by atoms with E-state index < -0.39 is 0 Å². The van der Waals surface area contributed by atoms with Crippen LogP contribution in [0.2, 0.25) is 0 Å². The predicted molar refractivity (Wildman–Crippen MR) is 121 cm³/mol. The molecule has 0 radical (unpaired) electrons. The van der Waals surface area contributed by atoms with Crippen LogP contribution in [0.3, 0.4) is 0 Å². The summed E-state index contributed by atoms with van der Waals surface area (Å²) in [5, 5.41) is 0. The largest absolute Gasteiger partial charge is 0.497 e. The maximum Gasteiger partial charge on any atom is 0.118 e. The number of fused-ring (bicyclic) bond motifs is 1. The molecule has 2 saturated carbocycles. The fourth-order valence-electron chi connectivity index (χ4n) is 5.33. The smallest absolute Gasteiger partial charge is 0.118 e. The van der Waals surface area contributed by atoms with Gasteiger partial charge in [0, 0.05) is 11.1 Å². The minimum absolute atomic E-state index is 0.734. The normalized spacial score (nSPS) is 26.4. The van der Waals surface area contributed by atoms with Crippen LogP contribution < -0.4 is 4.74 Å². The van der Waals surface area contributed by atoms with Gasteiger partial charge in [-0.1, -0.05) is 36.1 Å². The zero-order chi connectivity index (χ0) is 20.1. The van der Waals surface area contributed by atoms with Crippen LogP contribution in [0.4, 0.5) is 0 Å². The van der Waals surface area contributed by atoms with E-state index in [1.165, 1.54) is 44.1 Å². The third-order valence-corrected chi connectivity index (χ3v) is 6.94. The van der Waals surface area contributed by atoms with Gasteiger partial charge in [0.25, 0.3) is 0 Å². The van der Waals surface area contributed by atoms with E-state index in [9.17, 15) is 0 Å². The first-order valence-electron chi connectivity index (χ1n) is 11.1. The van der Waals surface area contributed by atoms with Crippen molar-refractivity contribution in [3.05, 3.63) is 77.4 Å². The van der Waals surface area contributed by atoms with E-state index in [0.29, 0.717) is 0 Å². The molecule has 150 valence electrons. The number of rotatable bonds is 3. The minimum atomic E-state index is 0.734. The van der Waals surface area contributed by atoms with E-state index in [2.05, 4.69) is 55.2 Å². The Morgan fingerprint density at radius 2 is 1.41 bits per heavy atom. The molecule has 2 fully saturated rings. The van der Waals surface area contributed by atoms with Gasteiger partial charge in [-0.3, -0.25) is 0 Å². The van der Waals surface area contributed by atoms with Crippen LogP contribution in [0.25, 0.3) is 0 Å². The lowest BCUT2D eigenvalue weighted by atomic mass is 9.64. The van der Waals surface area contributed by atoms with Crippen LogP contribution in [0.15, 0.2) is 60.7 Å². The Morgan fingerprint density at radius 3 is 2.07 bits per heavy atom. The van der Waals surface area contributed by atoms with Gasteiger partial charge in [-0.2, -0.15) is 0 Å². The average Bonchev–Trinajstić information content (AvgIpc) is 2.78. The highest BCUT2D eigenvalue weighted by molar-refractivity contribution is 5.45. The molecule has 0 amide bonds. The molecule has 29 heavy (non-hydrogen) atoms. The summed E-state index contributed by atoms with van der Waals surface area (Å²) in [6.07, 6.45) is 13.0. The fraction of sp³-hybridized carbons (Fsp3) is 0.429. The summed E-state index contributed by atoms with van der Waals surface area (Å²) in [6, 6.07) is 16.9. The summed E-state index contributed by atoms with van der Waals surface area (Å²) in [6.45, 7) is 2.16. The van der Waals surface area contributed by atoms with Gasteiger partial charge in [0.15, 0.2) is 0 Å². The van der Waals surface area contributed by atoms with Gasteiger partial charge >= 0.3 is 0 Å². The molecular formula is C28H32O. The first-order chi connectivity index (χ1) is 14.2. The van der Waals surface area contributed by atoms with E-state index in [1.807, 2.05) is 24.3 Å². The molecule has 2 aliphatic rings. The minimum Gasteiger partial charge on any atom is -0.497 e. The summed E-state index contributed by atoms with van der Waals surface area (Å²) in [7, 11) is 1.68. The molecule has 0 N–H and O–H groups in total. The van der Waals surface area contributed by atoms with Crippen LogP contribution >= 0.6 is 0 Å². The second kappa shape index (κ2) is 9.36. The number of benzene rings is 2. The average molecular weight is 385 g/mol. The van der Waals surface area contributed by atoms with Crippen molar-refractivity contribution >= 4 is 0 Å². The Hall–Kier alpha value is -2.46. The molecule has 2 aliphatic carbocycles. The first kappa shape index (κ1) is 19.8. The highest BCUT2D eigenvalue weighted by Gasteiger charge is 2.35. The summed E-state index contributed by atoms with van der Waals surface area (Å²) < 4.78 is 5.20. The molecule has 0 heterocycles. The van der Waals surface area contributed by atoms with E-state index in [0.717, 1.165) is 40.5 Å². The molecular weight excluding hydrogens is 352 g/mol. The molecule has 0 saturated heterocycles. The Kier molecular flexibility index (Phi) is 6.40. The zero-order valence-corrected chi connectivity index (χ0v) is 17.7. The number of methoxy groups -OCH3 is 1. The maximum absolute atomic E-state index is 5.20. The lowest BCUT2D eigenvalue weighted by Gasteiger charge is -2.41. The summed E-state index contributed by atoms with van der Waals surface area (Å²) in [5.74, 6) is 10.9. The van der Waals surface area contributed by atoms with Crippen LogP contribution in [-0.2, 0) is 0 Å². The van der Waals surface area contributed by atoms with Gasteiger partial charge in [0.05, 0.1) is 7.11 Å². The molecule has 0 bridgehead atoms. The molecule has 0 aliphatic heterocycles. The Morgan fingerprint density at radius 1 is 0.793 bits per heavy atom. The van der Waals surface area contributed by atoms with Crippen molar-refractivity contribution in [2.75, 3.05) is 7.11 Å². The lowest BCUT2D eigenvalue weighted by molar-refractivity contribution is 0.133. The van der Waals surface area contributed by atoms with Crippen molar-refractivity contribution in [2.24, 2.45) is 17.8 Å². The second-order valence-corrected chi connectivity index (χ2v) is 8.73. The van der Waals surface area contributed by atoms with Gasteiger partial charge in [-0.25, -0.2) is 0 Å². The molecule has 4 unspecified atom stereocenters. The van der Waals surface area contributed by atoms with Gasteiger partial charge in [0.2, 0.25) is 0 Å². The van der Waals surface area contributed by atoms with Crippen molar-refractivity contribution in [3.8, 4) is 17.6 Å². The van der Waals surface area contributed by atoms with Crippen LogP contribution in [0, 0.1) is 29.6 Å². The molecule has 0 aromatic heterocycles. The van der Waals surface area contributed by atoms with Gasteiger partial charge in [-0.05, 0) is 111 Å². The maximum atomic E-state index is 5.20. The Bertz CT molecular complexity index is 879. The zero-order valence-electron chi connectivity index (χ0n) is 17.7. The van der Waals surface area contributed by atoms with Crippen LogP contribution in [-0.4, -0.2) is 7.11 Å². The molecule has 1 heteroatoms. The molecule has 1 nitrogen and oxygen atoms in total. The van der Waals surface area contributed by atoms with Crippen LogP contribution in [0.1, 0.15) is 68.1 Å². The second-order valence-electron chi connectivity index (χ2n) is 8.73. The van der Waals surface area contributed by atoms with Crippen molar-refractivity contribution in [2.45, 2.75) is 51.4 Å². The van der Waals surface area contributed by atoms with Gasteiger partial charge in [0.1, 0.15) is 5.75 Å². The highest BCUT2D eigenvalue weighted by atomic mass is 16.5. The fourth-order valence-corrected chi connectivity index (χ4v) is 5.33. The summed E-state index contributed by atoms with van der Waals surface area (Å²) >= 11 is 0. The number of hydrogen-bond acceptors (Lipinski definition) is 1. The molecule has 2 aromatic rings. The highest BCUT2D eigenvalue weighted by Crippen LogP contribution is 2.47. The predicted octanol–water partition coefficient (Wildman–Crippen LogP) is 6.97. The van der Waals surface area contributed by atoms with Gasteiger partial charge < -0.3 is 4.74 Å². The first-order valence-corrected chi connectivity index (χ1v) is 11.1. The molecule has 4 atom stereocenters. The molecule has 2 aromatic carbocycles. The third-order valence-electron chi connectivity index (χ3n) is 6.94. The lowest BCUT2D eigenvalue weighted by Crippen LogP contribution is -2.30. The van der Waals surface area contributed by atoms with E-state index in [1.54, 1.807) is 7.11 Å². The van der Waals surface area contributed by atoms with E-state index in [4.69, 9.17) is 4.74 Å². The van der Waals surface area contributed by atoms with E-state index >= 15 is 0 Å². The number of ether oxygens (including phenoxy) is 1. The monoisotopic (exact) mass is 384 g/mol. The summed E-state index contributed by atoms with van der Waals surface area (Å²) in [5.41, 5.74) is 3.61. The summed E-state index contributed by atoms with van der Waals surface area (Å²) in [4.78, 5) is 0. The van der Waals surface area contributed by atoms with Crippen molar-refractivity contribution < 1.29 is 4.74 Å². The van der Waals surface area contributed by atoms with Crippen molar-refractivity contribution in [1.29, 1.82) is 0 Å². The number of hydrogen-bond donors (Lipinski definition) is 0. The van der Waals surface area contributed by atoms with Crippen LogP contribution in [0.5, 0.6) is 5.75 Å². The SMILES string of the molecule is C/C=C/C1CCC2CC(c3ccc(C#Cc4ccc(OC)cc4)cc3)CCC2C1. The number of allylic oxidation sites excluding steroid dienone is 2. The topological polar surface area (TPSA) is 9.23 Å². The Labute approximate surface area is 176 Å². The van der Waals surface area contributed by atoms with E-state index in [-0.39, 0.29) is 0 Å². The quantitative estimate of drug-likeness (QED) is 0.410. The molecule has 4 rings (SSSR count). The standard InChI is InChI=1S/C28H32O/c1-3-4-23-9-14-27-20-26(16-15-25(27)19-23)24-12-7-21(8-13-24)5-6-22-10-17-28(29-2)18-11-22/h3-4,7-8,10-13,17-18,23,25-27H,9,14-16,19-20H2,1-2H3/b4-3+. The Balaban J connectivity index is 1.37.